The Labute approximate surface area is 148 Å². The fourth-order valence-electron chi connectivity index (χ4n) is 3.03. The summed E-state index contributed by atoms with van der Waals surface area (Å²) in [6.07, 6.45) is -1.97. The van der Waals surface area contributed by atoms with E-state index in [1.165, 1.54) is 6.07 Å². The number of unbranched alkanes of at least 4 members (excludes halogenated alkanes) is 1. The average molecular weight is 367 g/mol. The highest BCUT2D eigenvalue weighted by Gasteiger charge is 2.31. The Balaban J connectivity index is 2.16. The maximum Gasteiger partial charge on any atom is 0.416 e. The molecule has 132 valence electrons. The van der Waals surface area contributed by atoms with E-state index in [1.807, 2.05) is 24.3 Å². The molecule has 0 spiro atoms. The number of H-pyrrole nitrogens is 1. The lowest BCUT2D eigenvalue weighted by Gasteiger charge is -2.11. The summed E-state index contributed by atoms with van der Waals surface area (Å²) in [5.41, 5.74) is 7.74. The predicted octanol–water partition coefficient (Wildman–Crippen LogP) is 5.79. The molecule has 3 aromatic rings. The number of nitrogens with two attached hydrogens (primary N) is 1. The normalized spacial score (nSPS) is 12.0. The Kier molecular flexibility index (Phi) is 5.06. The molecule has 0 saturated heterocycles. The van der Waals surface area contributed by atoms with Crippen molar-refractivity contribution in [2.45, 2.75) is 25.4 Å². The highest BCUT2D eigenvalue weighted by atomic mass is 35.5. The van der Waals surface area contributed by atoms with Crippen LogP contribution < -0.4 is 5.73 Å². The van der Waals surface area contributed by atoms with Crippen LogP contribution in [0.15, 0.2) is 42.5 Å². The van der Waals surface area contributed by atoms with Gasteiger partial charge in [0.2, 0.25) is 0 Å². The molecule has 0 fully saturated rings. The third-order valence-corrected chi connectivity index (χ3v) is 4.59. The number of nitrogens with one attached hydrogen (secondary N) is 1. The van der Waals surface area contributed by atoms with Gasteiger partial charge in [-0.15, -0.1) is 0 Å². The number of aromatic amines is 1. The first-order valence-corrected chi connectivity index (χ1v) is 8.46. The molecule has 2 nitrogen and oxygen atoms in total. The van der Waals surface area contributed by atoms with Crippen molar-refractivity contribution >= 4 is 22.5 Å². The van der Waals surface area contributed by atoms with Gasteiger partial charge in [0.25, 0.3) is 0 Å². The van der Waals surface area contributed by atoms with Gasteiger partial charge in [0.05, 0.1) is 11.3 Å². The number of aryl methyl sites for hydroxylation is 1. The lowest BCUT2D eigenvalue weighted by atomic mass is 9.99. The standard InChI is InChI=1S/C19H18ClF3N2/c20-16-9-8-12(19(21,22)23)11-15(16)18-14(6-3-4-10-24)13-5-1-2-7-17(13)25-18/h1-2,5,7-9,11,25H,3-4,6,10,24H2. The Morgan fingerprint density at radius 3 is 2.52 bits per heavy atom. The van der Waals surface area contributed by atoms with Crippen LogP contribution in [0.1, 0.15) is 24.0 Å². The zero-order valence-electron chi connectivity index (χ0n) is 13.5. The smallest absolute Gasteiger partial charge is 0.354 e. The number of aromatic nitrogens is 1. The number of rotatable bonds is 5. The van der Waals surface area contributed by atoms with Gasteiger partial charge in [-0.2, -0.15) is 13.2 Å². The minimum absolute atomic E-state index is 0.291. The Bertz CT molecular complexity index is 884. The SMILES string of the molecule is NCCCCc1c(-c2cc(C(F)(F)F)ccc2Cl)[nH]c2ccccc12. The van der Waals surface area contributed by atoms with Crippen LogP contribution in [0.4, 0.5) is 13.2 Å². The first-order valence-electron chi connectivity index (χ1n) is 8.08. The lowest BCUT2D eigenvalue weighted by Crippen LogP contribution is -2.05. The largest absolute Gasteiger partial charge is 0.416 e. The molecule has 1 heterocycles. The van der Waals surface area contributed by atoms with Gasteiger partial charge in [-0.1, -0.05) is 29.8 Å². The molecule has 0 radical (unpaired) electrons. The predicted molar refractivity (Wildman–Crippen MR) is 95.7 cm³/mol. The van der Waals surface area contributed by atoms with Crippen molar-refractivity contribution < 1.29 is 13.2 Å². The summed E-state index contributed by atoms with van der Waals surface area (Å²) in [4.78, 5) is 3.24. The summed E-state index contributed by atoms with van der Waals surface area (Å²) in [7, 11) is 0. The van der Waals surface area contributed by atoms with Crippen molar-refractivity contribution in [1.29, 1.82) is 0 Å². The quantitative estimate of drug-likeness (QED) is 0.551. The third kappa shape index (κ3) is 3.67. The van der Waals surface area contributed by atoms with Crippen molar-refractivity contribution in [3.63, 3.8) is 0 Å². The number of halogens is 4. The molecule has 2 aromatic carbocycles. The summed E-state index contributed by atoms with van der Waals surface area (Å²) < 4.78 is 39.3. The molecule has 0 saturated carbocycles. The molecule has 0 aliphatic rings. The molecule has 0 bridgehead atoms. The van der Waals surface area contributed by atoms with Crippen LogP contribution >= 0.6 is 11.6 Å². The number of alkyl halides is 3. The molecule has 1 aromatic heterocycles. The molecule has 0 aliphatic heterocycles. The van der Waals surface area contributed by atoms with E-state index in [2.05, 4.69) is 4.98 Å². The summed E-state index contributed by atoms with van der Waals surface area (Å²) in [6, 6.07) is 11.1. The van der Waals surface area contributed by atoms with Gasteiger partial charge in [0.1, 0.15) is 0 Å². The van der Waals surface area contributed by atoms with Crippen molar-refractivity contribution in [3.8, 4) is 11.3 Å². The minimum Gasteiger partial charge on any atom is -0.354 e. The van der Waals surface area contributed by atoms with Crippen molar-refractivity contribution in [2.24, 2.45) is 5.73 Å². The molecular formula is C19H18ClF3N2. The Morgan fingerprint density at radius 1 is 1.04 bits per heavy atom. The number of fused-ring (bicyclic) bond motifs is 1. The Morgan fingerprint density at radius 2 is 1.80 bits per heavy atom. The molecule has 0 unspecified atom stereocenters. The maximum atomic E-state index is 13.1. The number of hydrogen-bond donors (Lipinski definition) is 2. The van der Waals surface area contributed by atoms with E-state index >= 15 is 0 Å². The highest BCUT2D eigenvalue weighted by molar-refractivity contribution is 6.33. The summed E-state index contributed by atoms with van der Waals surface area (Å²) in [5, 5.41) is 1.29. The van der Waals surface area contributed by atoms with Crippen molar-refractivity contribution in [3.05, 3.63) is 58.6 Å². The molecule has 3 N–H and O–H groups in total. The van der Waals surface area contributed by atoms with Gasteiger partial charge < -0.3 is 10.7 Å². The van der Waals surface area contributed by atoms with E-state index in [4.69, 9.17) is 17.3 Å². The van der Waals surface area contributed by atoms with Crippen LogP contribution in [0.3, 0.4) is 0 Å². The maximum absolute atomic E-state index is 13.1. The summed E-state index contributed by atoms with van der Waals surface area (Å²) >= 11 is 6.23. The van der Waals surface area contributed by atoms with Crippen LogP contribution in [-0.4, -0.2) is 11.5 Å². The molecule has 0 aliphatic carbocycles. The number of benzene rings is 2. The molecule has 3 rings (SSSR count). The lowest BCUT2D eigenvalue weighted by molar-refractivity contribution is -0.137. The van der Waals surface area contributed by atoms with E-state index in [9.17, 15) is 13.2 Å². The van der Waals surface area contributed by atoms with Gasteiger partial charge in [-0.3, -0.25) is 0 Å². The monoisotopic (exact) mass is 366 g/mol. The van der Waals surface area contributed by atoms with Crippen LogP contribution in [-0.2, 0) is 12.6 Å². The van der Waals surface area contributed by atoms with Crippen LogP contribution in [0.5, 0.6) is 0 Å². The number of para-hydroxylation sites is 1. The zero-order chi connectivity index (χ0) is 18.0. The van der Waals surface area contributed by atoms with E-state index in [-0.39, 0.29) is 0 Å². The Hall–Kier alpha value is -1.98. The van der Waals surface area contributed by atoms with E-state index in [1.54, 1.807) is 0 Å². The summed E-state index contributed by atoms with van der Waals surface area (Å²) in [6.45, 7) is 0.585. The third-order valence-electron chi connectivity index (χ3n) is 4.26. The van der Waals surface area contributed by atoms with Gasteiger partial charge in [-0.25, -0.2) is 0 Å². The van der Waals surface area contributed by atoms with Crippen LogP contribution in [0, 0.1) is 0 Å². The van der Waals surface area contributed by atoms with E-state index in [0.717, 1.165) is 47.9 Å². The van der Waals surface area contributed by atoms with Gasteiger partial charge >= 0.3 is 6.18 Å². The fourth-order valence-corrected chi connectivity index (χ4v) is 3.24. The van der Waals surface area contributed by atoms with Crippen molar-refractivity contribution in [2.75, 3.05) is 6.54 Å². The first kappa shape index (κ1) is 17.8. The first-order chi connectivity index (χ1) is 11.9. The molecule has 25 heavy (non-hydrogen) atoms. The van der Waals surface area contributed by atoms with Gasteiger partial charge in [0, 0.05) is 21.5 Å². The minimum atomic E-state index is -4.41. The zero-order valence-corrected chi connectivity index (χ0v) is 14.2. The summed E-state index contributed by atoms with van der Waals surface area (Å²) in [5.74, 6) is 0. The molecule has 0 atom stereocenters. The average Bonchev–Trinajstić information content (AvgIpc) is 2.93. The second-order valence-electron chi connectivity index (χ2n) is 5.96. The molecule has 6 heteroatoms. The van der Waals surface area contributed by atoms with Crippen molar-refractivity contribution in [1.82, 2.24) is 4.98 Å². The fraction of sp³-hybridized carbons (Fsp3) is 0.263. The van der Waals surface area contributed by atoms with Gasteiger partial charge in [-0.05, 0) is 55.6 Å². The van der Waals surface area contributed by atoms with Crippen LogP contribution in [0.25, 0.3) is 22.2 Å². The second-order valence-corrected chi connectivity index (χ2v) is 6.37. The highest BCUT2D eigenvalue weighted by Crippen LogP contribution is 2.39. The van der Waals surface area contributed by atoms with E-state index in [0.29, 0.717) is 22.8 Å². The van der Waals surface area contributed by atoms with Gasteiger partial charge in [0.15, 0.2) is 0 Å². The topological polar surface area (TPSA) is 41.8 Å². The van der Waals surface area contributed by atoms with E-state index < -0.39 is 11.7 Å². The molecular weight excluding hydrogens is 349 g/mol. The molecule has 0 amide bonds. The van der Waals surface area contributed by atoms with Crippen LogP contribution in [0.2, 0.25) is 5.02 Å². The second kappa shape index (κ2) is 7.10. The number of hydrogen-bond acceptors (Lipinski definition) is 1.